The van der Waals surface area contributed by atoms with E-state index in [1.54, 1.807) is 24.5 Å². The fourth-order valence-corrected chi connectivity index (χ4v) is 1.99. The summed E-state index contributed by atoms with van der Waals surface area (Å²) in [4.78, 5) is 26.9. The Balaban J connectivity index is 2.22. The highest BCUT2D eigenvalue weighted by atomic mass is 19.1. The quantitative estimate of drug-likeness (QED) is 0.747. The van der Waals surface area contributed by atoms with Gasteiger partial charge in [0, 0.05) is 29.7 Å². The molecule has 7 heteroatoms. The highest BCUT2D eigenvalue weighted by Gasteiger charge is 2.15. The minimum absolute atomic E-state index is 0.270. The monoisotopic (exact) mass is 295 g/mol. The molecule has 0 atom stereocenters. The summed E-state index contributed by atoms with van der Waals surface area (Å²) in [6.07, 6.45) is 7.67. The Morgan fingerprint density at radius 2 is 1.91 bits per heavy atom. The number of hydrogen-bond donors (Lipinski definition) is 1. The van der Waals surface area contributed by atoms with Crippen LogP contribution in [-0.4, -0.2) is 26.3 Å². The third-order valence-corrected chi connectivity index (χ3v) is 2.94. The van der Waals surface area contributed by atoms with Crippen LogP contribution < -0.4 is 5.32 Å². The van der Waals surface area contributed by atoms with Crippen LogP contribution in [0.25, 0.3) is 22.5 Å². The van der Waals surface area contributed by atoms with Crippen LogP contribution in [0.1, 0.15) is 0 Å². The first-order valence-electron chi connectivity index (χ1n) is 6.37. The van der Waals surface area contributed by atoms with E-state index < -0.39 is 5.82 Å². The molecule has 0 aromatic carbocycles. The van der Waals surface area contributed by atoms with Gasteiger partial charge in [0.05, 0.1) is 18.1 Å². The minimum Gasteiger partial charge on any atom is -0.312 e. The van der Waals surface area contributed by atoms with E-state index in [1.807, 2.05) is 0 Å². The van der Waals surface area contributed by atoms with Gasteiger partial charge in [-0.3, -0.25) is 14.8 Å². The van der Waals surface area contributed by atoms with Crippen molar-refractivity contribution >= 4 is 12.2 Å². The van der Waals surface area contributed by atoms with Crippen molar-refractivity contribution in [1.82, 2.24) is 19.9 Å². The second-order valence-corrected chi connectivity index (χ2v) is 4.31. The van der Waals surface area contributed by atoms with E-state index >= 15 is 0 Å². The minimum atomic E-state index is -0.502. The number of nitrogens with one attached hydrogen (secondary N) is 1. The van der Waals surface area contributed by atoms with Gasteiger partial charge in [0.25, 0.3) is 0 Å². The predicted molar refractivity (Wildman–Crippen MR) is 78.1 cm³/mol. The Morgan fingerprint density at radius 1 is 1.05 bits per heavy atom. The first kappa shape index (κ1) is 13.7. The fraction of sp³-hybridized carbons (Fsp3) is 0. The van der Waals surface area contributed by atoms with Crippen molar-refractivity contribution in [3.05, 3.63) is 55.0 Å². The summed E-state index contributed by atoms with van der Waals surface area (Å²) >= 11 is 0. The van der Waals surface area contributed by atoms with Gasteiger partial charge in [0.15, 0.2) is 11.6 Å². The van der Waals surface area contributed by atoms with Gasteiger partial charge in [-0.25, -0.2) is 14.4 Å². The van der Waals surface area contributed by atoms with Crippen LogP contribution in [0.2, 0.25) is 0 Å². The number of pyridine rings is 2. The smallest absolute Gasteiger partial charge is 0.212 e. The van der Waals surface area contributed by atoms with Crippen molar-refractivity contribution in [2.75, 3.05) is 5.32 Å². The van der Waals surface area contributed by atoms with Gasteiger partial charge in [-0.15, -0.1) is 0 Å². The van der Waals surface area contributed by atoms with Crippen LogP contribution in [-0.2, 0) is 4.79 Å². The molecule has 3 aromatic rings. The standard InChI is InChI=1S/C15H10FN5O/c16-12-7-18-5-3-11(12)15-14(10-2-1-4-17-6-10)21-13(8-19-15)20-9-22/h1-9H,(H,20,21,22). The van der Waals surface area contributed by atoms with Crippen molar-refractivity contribution in [3.8, 4) is 22.5 Å². The van der Waals surface area contributed by atoms with Crippen LogP contribution in [0.4, 0.5) is 10.2 Å². The maximum atomic E-state index is 14.0. The lowest BCUT2D eigenvalue weighted by Gasteiger charge is -2.10. The number of rotatable bonds is 4. The zero-order valence-corrected chi connectivity index (χ0v) is 11.3. The van der Waals surface area contributed by atoms with Gasteiger partial charge in [-0.2, -0.15) is 0 Å². The summed E-state index contributed by atoms with van der Waals surface area (Å²) in [6, 6.07) is 5.04. The molecule has 22 heavy (non-hydrogen) atoms. The molecule has 0 aliphatic rings. The molecule has 3 heterocycles. The van der Waals surface area contributed by atoms with E-state index in [-0.39, 0.29) is 11.4 Å². The molecule has 0 unspecified atom stereocenters. The van der Waals surface area contributed by atoms with Gasteiger partial charge < -0.3 is 5.32 Å². The van der Waals surface area contributed by atoms with E-state index in [1.165, 1.54) is 18.5 Å². The number of anilines is 1. The predicted octanol–water partition coefficient (Wildman–Crippen LogP) is 2.31. The molecule has 6 nitrogen and oxygen atoms in total. The second-order valence-electron chi connectivity index (χ2n) is 4.31. The maximum Gasteiger partial charge on any atom is 0.212 e. The molecule has 0 fully saturated rings. The Morgan fingerprint density at radius 3 is 2.64 bits per heavy atom. The third-order valence-electron chi connectivity index (χ3n) is 2.94. The molecule has 1 amide bonds. The molecule has 0 radical (unpaired) electrons. The molecule has 0 spiro atoms. The normalized spacial score (nSPS) is 10.2. The van der Waals surface area contributed by atoms with Crippen LogP contribution in [0, 0.1) is 5.82 Å². The number of carbonyl (C=O) groups is 1. The van der Waals surface area contributed by atoms with E-state index in [0.717, 1.165) is 6.20 Å². The summed E-state index contributed by atoms with van der Waals surface area (Å²) in [5.41, 5.74) is 1.71. The van der Waals surface area contributed by atoms with E-state index in [2.05, 4.69) is 25.3 Å². The second kappa shape index (κ2) is 6.04. The zero-order valence-electron chi connectivity index (χ0n) is 11.3. The lowest BCUT2D eigenvalue weighted by molar-refractivity contribution is -0.105. The highest BCUT2D eigenvalue weighted by molar-refractivity contribution is 5.79. The van der Waals surface area contributed by atoms with Crippen LogP contribution in [0.3, 0.4) is 0 Å². The third kappa shape index (κ3) is 2.64. The lowest BCUT2D eigenvalue weighted by Crippen LogP contribution is -2.02. The van der Waals surface area contributed by atoms with Gasteiger partial charge >= 0.3 is 0 Å². The number of amides is 1. The van der Waals surface area contributed by atoms with Gasteiger partial charge in [0.1, 0.15) is 5.69 Å². The molecule has 1 N–H and O–H groups in total. The molecule has 3 aromatic heterocycles. The van der Waals surface area contributed by atoms with E-state index in [0.29, 0.717) is 23.4 Å². The van der Waals surface area contributed by atoms with Gasteiger partial charge in [-0.05, 0) is 18.2 Å². The number of carbonyl (C=O) groups excluding carboxylic acids is 1. The van der Waals surface area contributed by atoms with Crippen LogP contribution >= 0.6 is 0 Å². The SMILES string of the molecule is O=CNc1cnc(-c2ccncc2F)c(-c2cccnc2)n1. The topological polar surface area (TPSA) is 80.7 Å². The van der Waals surface area contributed by atoms with E-state index in [9.17, 15) is 9.18 Å². The van der Waals surface area contributed by atoms with Crippen molar-refractivity contribution in [2.45, 2.75) is 0 Å². The molecule has 0 saturated carbocycles. The summed E-state index contributed by atoms with van der Waals surface area (Å²) in [7, 11) is 0. The van der Waals surface area contributed by atoms with Gasteiger partial charge in [0.2, 0.25) is 6.41 Å². The van der Waals surface area contributed by atoms with Crippen molar-refractivity contribution in [3.63, 3.8) is 0 Å². The molecule has 0 aliphatic carbocycles. The summed E-state index contributed by atoms with van der Waals surface area (Å²) in [5.74, 6) is -0.231. The molecule has 108 valence electrons. The highest BCUT2D eigenvalue weighted by Crippen LogP contribution is 2.30. The molecular formula is C15H10FN5O. The Labute approximate surface area is 125 Å². The Hall–Kier alpha value is -3.22. The van der Waals surface area contributed by atoms with Crippen LogP contribution in [0.5, 0.6) is 0 Å². The van der Waals surface area contributed by atoms with E-state index in [4.69, 9.17) is 0 Å². The van der Waals surface area contributed by atoms with Gasteiger partial charge in [-0.1, -0.05) is 0 Å². The summed E-state index contributed by atoms with van der Waals surface area (Å²) in [5, 5.41) is 2.43. The molecule has 0 aliphatic heterocycles. The summed E-state index contributed by atoms with van der Waals surface area (Å²) in [6.45, 7) is 0. The maximum absolute atomic E-state index is 14.0. The Kier molecular flexibility index (Phi) is 3.78. The number of aromatic nitrogens is 4. The molecule has 3 rings (SSSR count). The first-order valence-corrected chi connectivity index (χ1v) is 6.37. The zero-order chi connectivity index (χ0) is 15.4. The van der Waals surface area contributed by atoms with Crippen LogP contribution in [0.15, 0.2) is 49.2 Å². The average molecular weight is 295 g/mol. The van der Waals surface area contributed by atoms with Crippen molar-refractivity contribution in [2.24, 2.45) is 0 Å². The summed E-state index contributed by atoms with van der Waals surface area (Å²) < 4.78 is 14.0. The largest absolute Gasteiger partial charge is 0.312 e. The number of hydrogen-bond acceptors (Lipinski definition) is 5. The molecule has 0 saturated heterocycles. The first-order chi connectivity index (χ1) is 10.8. The number of nitrogens with zero attached hydrogens (tertiary/aromatic N) is 4. The van der Waals surface area contributed by atoms with Crippen molar-refractivity contribution in [1.29, 1.82) is 0 Å². The number of halogens is 1. The Bertz CT molecular complexity index is 810. The fourth-order valence-electron chi connectivity index (χ4n) is 1.99. The molecular weight excluding hydrogens is 285 g/mol. The average Bonchev–Trinajstić information content (AvgIpc) is 2.57. The molecule has 0 bridgehead atoms. The lowest BCUT2D eigenvalue weighted by atomic mass is 10.1. The van der Waals surface area contributed by atoms with Crippen molar-refractivity contribution < 1.29 is 9.18 Å².